The first-order valence-electron chi connectivity index (χ1n) is 7.36. The molecule has 0 bridgehead atoms. The highest BCUT2D eigenvalue weighted by atomic mass is 32.2. The molecule has 0 aliphatic carbocycles. The molecule has 4 heteroatoms. The van der Waals surface area contributed by atoms with Crippen molar-refractivity contribution in [3.05, 3.63) is 35.9 Å². The third-order valence-corrected chi connectivity index (χ3v) is 4.75. The van der Waals surface area contributed by atoms with E-state index < -0.39 is 0 Å². The summed E-state index contributed by atoms with van der Waals surface area (Å²) >= 11 is 1.94. The van der Waals surface area contributed by atoms with E-state index in [0.29, 0.717) is 0 Å². The fourth-order valence-corrected chi connectivity index (χ4v) is 3.55. The highest BCUT2D eigenvalue weighted by Crippen LogP contribution is 2.26. The predicted octanol–water partition coefficient (Wildman–Crippen LogP) is 3.04. The van der Waals surface area contributed by atoms with Crippen LogP contribution in [0, 0.1) is 0 Å². The molecule has 1 fully saturated rings. The largest absolute Gasteiger partial charge is 0.323 e. The van der Waals surface area contributed by atoms with Gasteiger partial charge in [-0.3, -0.25) is 10.1 Å². The molecule has 0 saturated carbocycles. The maximum atomic E-state index is 12.6. The van der Waals surface area contributed by atoms with Crippen molar-refractivity contribution in [2.45, 2.75) is 45.4 Å². The van der Waals surface area contributed by atoms with Gasteiger partial charge in [0.05, 0.1) is 6.17 Å². The van der Waals surface area contributed by atoms with E-state index in [4.69, 9.17) is 0 Å². The Morgan fingerprint density at radius 3 is 2.70 bits per heavy atom. The van der Waals surface area contributed by atoms with Crippen LogP contribution in [0.4, 0.5) is 0 Å². The molecule has 1 saturated heterocycles. The number of nitrogens with one attached hydrogen (secondary N) is 1. The van der Waals surface area contributed by atoms with E-state index in [1.807, 2.05) is 47.0 Å². The van der Waals surface area contributed by atoms with Crippen molar-refractivity contribution in [3.8, 4) is 0 Å². The summed E-state index contributed by atoms with van der Waals surface area (Å²) in [6.07, 6.45) is 1.16. The summed E-state index contributed by atoms with van der Waals surface area (Å²) < 4.78 is 0. The van der Waals surface area contributed by atoms with Gasteiger partial charge in [0.25, 0.3) is 0 Å². The van der Waals surface area contributed by atoms with Crippen molar-refractivity contribution in [1.82, 2.24) is 10.2 Å². The average molecular weight is 292 g/mol. The van der Waals surface area contributed by atoms with Gasteiger partial charge in [-0.05, 0) is 37.3 Å². The van der Waals surface area contributed by atoms with Gasteiger partial charge in [0, 0.05) is 6.04 Å². The molecule has 1 aromatic carbocycles. The fourth-order valence-electron chi connectivity index (χ4n) is 2.75. The topological polar surface area (TPSA) is 32.3 Å². The molecule has 3 nitrogen and oxygen atoms in total. The van der Waals surface area contributed by atoms with E-state index in [-0.39, 0.29) is 24.2 Å². The number of carbonyl (C=O) groups excluding carboxylic acids is 1. The molecule has 1 aromatic rings. The molecule has 2 rings (SSSR count). The van der Waals surface area contributed by atoms with Crippen molar-refractivity contribution in [2.24, 2.45) is 0 Å². The normalized spacial score (nSPS) is 24.1. The number of hydrogen-bond donors (Lipinski definition) is 1. The lowest BCUT2D eigenvalue weighted by atomic mass is 10.1. The summed E-state index contributed by atoms with van der Waals surface area (Å²) in [5.41, 5.74) is 1.06. The zero-order chi connectivity index (χ0) is 14.5. The van der Waals surface area contributed by atoms with Crippen molar-refractivity contribution in [1.29, 1.82) is 0 Å². The summed E-state index contributed by atoms with van der Waals surface area (Å²) in [5, 5.41) is 3.41. The first-order valence-corrected chi connectivity index (χ1v) is 8.51. The number of rotatable bonds is 6. The van der Waals surface area contributed by atoms with Crippen LogP contribution in [0.2, 0.25) is 0 Å². The third-order valence-electron chi connectivity index (χ3n) is 3.82. The van der Waals surface area contributed by atoms with E-state index >= 15 is 0 Å². The molecular formula is C16H24N2OS. The van der Waals surface area contributed by atoms with Gasteiger partial charge in [0.1, 0.15) is 6.04 Å². The Kier molecular flexibility index (Phi) is 5.49. The monoisotopic (exact) mass is 292 g/mol. The Labute approximate surface area is 126 Å². The lowest BCUT2D eigenvalue weighted by Crippen LogP contribution is -2.41. The molecule has 1 aliphatic heterocycles. The van der Waals surface area contributed by atoms with Crippen LogP contribution in [0.1, 0.15) is 38.8 Å². The van der Waals surface area contributed by atoms with Crippen molar-refractivity contribution in [2.75, 3.05) is 11.5 Å². The van der Waals surface area contributed by atoms with Crippen LogP contribution in [-0.2, 0) is 4.79 Å². The van der Waals surface area contributed by atoms with Crippen LogP contribution in [0.3, 0.4) is 0 Å². The first kappa shape index (κ1) is 15.4. The SMILES string of the molecule is CCSCCC(C)N1C(=O)C(c2ccccc2)NC1C. The molecule has 110 valence electrons. The van der Waals surface area contributed by atoms with Gasteiger partial charge in [-0.2, -0.15) is 11.8 Å². The maximum Gasteiger partial charge on any atom is 0.245 e. The highest BCUT2D eigenvalue weighted by Gasteiger charge is 2.39. The van der Waals surface area contributed by atoms with Crippen molar-refractivity contribution < 1.29 is 4.79 Å². The van der Waals surface area contributed by atoms with E-state index in [0.717, 1.165) is 23.5 Å². The van der Waals surface area contributed by atoms with E-state index in [9.17, 15) is 4.79 Å². The summed E-state index contributed by atoms with van der Waals surface area (Å²) in [6, 6.07) is 10.1. The van der Waals surface area contributed by atoms with Gasteiger partial charge >= 0.3 is 0 Å². The summed E-state index contributed by atoms with van der Waals surface area (Å²) in [4.78, 5) is 14.7. The van der Waals surface area contributed by atoms with Gasteiger partial charge in [-0.15, -0.1) is 0 Å². The average Bonchev–Trinajstić information content (AvgIpc) is 2.75. The second-order valence-electron chi connectivity index (χ2n) is 5.27. The van der Waals surface area contributed by atoms with E-state index in [2.05, 4.69) is 26.1 Å². The molecule has 1 aliphatic rings. The maximum absolute atomic E-state index is 12.6. The lowest BCUT2D eigenvalue weighted by Gasteiger charge is -2.28. The van der Waals surface area contributed by atoms with Gasteiger partial charge < -0.3 is 4.90 Å². The molecule has 1 amide bonds. The van der Waals surface area contributed by atoms with Gasteiger partial charge in [0.15, 0.2) is 0 Å². The number of hydrogen-bond acceptors (Lipinski definition) is 3. The molecule has 20 heavy (non-hydrogen) atoms. The Bertz CT molecular complexity index is 437. The van der Waals surface area contributed by atoms with Gasteiger partial charge in [-0.1, -0.05) is 37.3 Å². The van der Waals surface area contributed by atoms with Gasteiger partial charge in [-0.25, -0.2) is 0 Å². The minimum absolute atomic E-state index is 0.106. The number of amides is 1. The molecule has 1 N–H and O–H groups in total. The molecule has 1 heterocycles. The molecule has 3 unspecified atom stereocenters. The van der Waals surface area contributed by atoms with Crippen LogP contribution in [-0.4, -0.2) is 34.5 Å². The van der Waals surface area contributed by atoms with Crippen LogP contribution in [0.25, 0.3) is 0 Å². The Balaban J connectivity index is 2.03. The van der Waals surface area contributed by atoms with Crippen LogP contribution >= 0.6 is 11.8 Å². The van der Waals surface area contributed by atoms with Crippen molar-refractivity contribution >= 4 is 17.7 Å². The van der Waals surface area contributed by atoms with Crippen LogP contribution in [0.5, 0.6) is 0 Å². The standard InChI is InChI=1S/C16H24N2OS/c1-4-20-11-10-12(2)18-13(3)17-15(16(18)19)14-8-6-5-7-9-14/h5-9,12-13,15,17H,4,10-11H2,1-3H3. The Morgan fingerprint density at radius 1 is 1.35 bits per heavy atom. The van der Waals surface area contributed by atoms with E-state index in [1.54, 1.807) is 0 Å². The Hall–Kier alpha value is -1.00. The predicted molar refractivity (Wildman–Crippen MR) is 85.7 cm³/mol. The summed E-state index contributed by atoms with van der Waals surface area (Å²) in [5.74, 6) is 2.46. The van der Waals surface area contributed by atoms with Crippen LogP contribution < -0.4 is 5.32 Å². The number of benzene rings is 1. The van der Waals surface area contributed by atoms with Crippen molar-refractivity contribution in [3.63, 3.8) is 0 Å². The van der Waals surface area contributed by atoms with Crippen LogP contribution in [0.15, 0.2) is 30.3 Å². The minimum Gasteiger partial charge on any atom is -0.323 e. The number of thioether (sulfide) groups is 1. The quantitative estimate of drug-likeness (QED) is 0.818. The molecule has 3 atom stereocenters. The van der Waals surface area contributed by atoms with Gasteiger partial charge in [0.2, 0.25) is 5.91 Å². The Morgan fingerprint density at radius 2 is 2.05 bits per heavy atom. The lowest BCUT2D eigenvalue weighted by molar-refractivity contribution is -0.131. The molecule has 0 aromatic heterocycles. The van der Waals surface area contributed by atoms with E-state index in [1.165, 1.54) is 0 Å². The smallest absolute Gasteiger partial charge is 0.245 e. The third kappa shape index (κ3) is 3.36. The zero-order valence-electron chi connectivity index (χ0n) is 12.5. The first-order chi connectivity index (χ1) is 9.65. The zero-order valence-corrected chi connectivity index (χ0v) is 13.3. The minimum atomic E-state index is -0.188. The molecular weight excluding hydrogens is 268 g/mol. The molecule has 0 spiro atoms. The number of nitrogens with zero attached hydrogens (tertiary/aromatic N) is 1. The number of carbonyl (C=O) groups is 1. The second-order valence-corrected chi connectivity index (χ2v) is 6.66. The second kappa shape index (κ2) is 7.14. The highest BCUT2D eigenvalue weighted by molar-refractivity contribution is 7.99. The fraction of sp³-hybridized carbons (Fsp3) is 0.562. The summed E-state index contributed by atoms with van der Waals surface area (Å²) in [6.45, 7) is 6.40. The summed E-state index contributed by atoms with van der Waals surface area (Å²) in [7, 11) is 0. The molecule has 0 radical (unpaired) electrons.